The van der Waals surface area contributed by atoms with Gasteiger partial charge in [-0.05, 0) is 41.8 Å². The van der Waals surface area contributed by atoms with Crippen molar-refractivity contribution in [1.29, 1.82) is 0 Å². The molecule has 0 radical (unpaired) electrons. The van der Waals surface area contributed by atoms with Gasteiger partial charge < -0.3 is 23.3 Å². The van der Waals surface area contributed by atoms with Gasteiger partial charge in [-0.1, -0.05) is 18.2 Å². The SMILES string of the molecule is COc1ccc(CCC(=O)OCC=O)cc1Oc1ccc(CP(=O)(OC)OC)cc1. The number of aldehydes is 1. The molecule has 0 heterocycles. The molecule has 162 valence electrons. The Morgan fingerprint density at radius 1 is 0.967 bits per heavy atom. The number of carbonyl (C=O) groups excluding carboxylic acids is 2. The molecule has 0 aliphatic carbocycles. The van der Waals surface area contributed by atoms with Gasteiger partial charge in [0.05, 0.1) is 13.3 Å². The van der Waals surface area contributed by atoms with Crippen molar-refractivity contribution in [3.8, 4) is 17.2 Å². The smallest absolute Gasteiger partial charge is 0.334 e. The number of esters is 1. The Balaban J connectivity index is 2.08. The van der Waals surface area contributed by atoms with Crippen LogP contribution in [0, 0.1) is 0 Å². The molecule has 0 bridgehead atoms. The van der Waals surface area contributed by atoms with Crippen LogP contribution in [0.4, 0.5) is 0 Å². The standard InChI is InChI=1S/C21H25O8P/c1-25-19-10-6-16(7-11-21(23)28-13-12-22)14-20(19)29-18-8-4-17(5-9-18)15-30(24,26-2)27-3/h4-6,8-10,12,14H,7,11,13,15H2,1-3H3. The monoisotopic (exact) mass is 436 g/mol. The van der Waals surface area contributed by atoms with Crippen molar-refractivity contribution in [3.05, 3.63) is 53.6 Å². The van der Waals surface area contributed by atoms with Crippen molar-refractivity contribution < 1.29 is 37.4 Å². The summed E-state index contributed by atoms with van der Waals surface area (Å²) in [7, 11) is 1.09. The first-order valence-corrected chi connectivity index (χ1v) is 10.9. The van der Waals surface area contributed by atoms with E-state index < -0.39 is 13.6 Å². The molecule has 0 spiro atoms. The summed E-state index contributed by atoms with van der Waals surface area (Å²) in [6.45, 7) is -0.240. The molecule has 2 aromatic carbocycles. The number of hydrogen-bond acceptors (Lipinski definition) is 8. The Hall–Kier alpha value is -2.67. The Morgan fingerprint density at radius 2 is 1.63 bits per heavy atom. The molecule has 0 aliphatic heterocycles. The Bertz CT molecular complexity index is 886. The molecule has 9 heteroatoms. The Kier molecular flexibility index (Phi) is 9.05. The summed E-state index contributed by atoms with van der Waals surface area (Å²) in [5, 5.41) is 0. The number of ether oxygens (including phenoxy) is 3. The summed E-state index contributed by atoms with van der Waals surface area (Å²) in [5.74, 6) is 1.14. The highest BCUT2D eigenvalue weighted by Gasteiger charge is 2.21. The second-order valence-corrected chi connectivity index (χ2v) is 8.48. The quantitative estimate of drug-likeness (QED) is 0.278. The average molecular weight is 436 g/mol. The van der Waals surface area contributed by atoms with E-state index >= 15 is 0 Å². The van der Waals surface area contributed by atoms with E-state index in [1.54, 1.807) is 36.4 Å². The first-order valence-electron chi connectivity index (χ1n) is 9.16. The minimum Gasteiger partial charge on any atom is -0.493 e. The van der Waals surface area contributed by atoms with E-state index in [1.165, 1.54) is 21.3 Å². The molecular weight excluding hydrogens is 411 g/mol. The summed E-state index contributed by atoms with van der Waals surface area (Å²) in [4.78, 5) is 21.8. The van der Waals surface area contributed by atoms with Crippen molar-refractivity contribution in [3.63, 3.8) is 0 Å². The van der Waals surface area contributed by atoms with E-state index in [2.05, 4.69) is 0 Å². The zero-order valence-electron chi connectivity index (χ0n) is 17.2. The molecule has 0 amide bonds. The van der Waals surface area contributed by atoms with Crippen molar-refractivity contribution in [2.45, 2.75) is 19.0 Å². The fraction of sp³-hybridized carbons (Fsp3) is 0.333. The van der Waals surface area contributed by atoms with Gasteiger partial charge in [0, 0.05) is 20.6 Å². The maximum Gasteiger partial charge on any atom is 0.334 e. The van der Waals surface area contributed by atoms with Gasteiger partial charge in [-0.2, -0.15) is 0 Å². The second kappa shape index (κ2) is 11.5. The van der Waals surface area contributed by atoms with E-state index in [0.29, 0.717) is 30.0 Å². The van der Waals surface area contributed by atoms with Crippen LogP contribution in [0.3, 0.4) is 0 Å². The first kappa shape index (κ1) is 23.6. The van der Waals surface area contributed by atoms with Crippen LogP contribution in [0.5, 0.6) is 17.2 Å². The summed E-state index contributed by atoms with van der Waals surface area (Å²) in [6.07, 6.45) is 1.26. The molecule has 0 unspecified atom stereocenters. The molecule has 0 fully saturated rings. The van der Waals surface area contributed by atoms with Crippen molar-refractivity contribution in [1.82, 2.24) is 0 Å². The molecular formula is C21H25O8P. The van der Waals surface area contributed by atoms with Gasteiger partial charge in [-0.15, -0.1) is 0 Å². The lowest BCUT2D eigenvalue weighted by Gasteiger charge is -2.14. The third-order valence-corrected chi connectivity index (χ3v) is 6.11. The first-order chi connectivity index (χ1) is 14.4. The third kappa shape index (κ3) is 6.99. The lowest BCUT2D eigenvalue weighted by atomic mass is 10.1. The number of aryl methyl sites for hydroxylation is 1. The molecule has 0 N–H and O–H groups in total. The number of rotatable bonds is 12. The summed E-state index contributed by atoms with van der Waals surface area (Å²) in [6, 6.07) is 12.4. The summed E-state index contributed by atoms with van der Waals surface area (Å²) >= 11 is 0. The Morgan fingerprint density at radius 3 is 2.23 bits per heavy atom. The highest BCUT2D eigenvalue weighted by Crippen LogP contribution is 2.49. The lowest BCUT2D eigenvalue weighted by molar-refractivity contribution is -0.145. The van der Waals surface area contributed by atoms with Gasteiger partial charge in [0.15, 0.2) is 17.8 Å². The topological polar surface area (TPSA) is 97.4 Å². The molecule has 8 nitrogen and oxygen atoms in total. The highest BCUT2D eigenvalue weighted by molar-refractivity contribution is 7.52. The van der Waals surface area contributed by atoms with Crippen molar-refractivity contribution in [2.24, 2.45) is 0 Å². The maximum absolute atomic E-state index is 12.2. The lowest BCUT2D eigenvalue weighted by Crippen LogP contribution is -2.07. The normalized spacial score (nSPS) is 11.0. The van der Waals surface area contributed by atoms with E-state index in [-0.39, 0.29) is 19.2 Å². The molecule has 2 rings (SSSR count). The van der Waals surface area contributed by atoms with E-state index in [9.17, 15) is 14.2 Å². The number of methoxy groups -OCH3 is 1. The zero-order valence-corrected chi connectivity index (χ0v) is 18.1. The summed E-state index contributed by atoms with van der Waals surface area (Å²) in [5.41, 5.74) is 1.63. The van der Waals surface area contributed by atoms with Crippen LogP contribution in [0.15, 0.2) is 42.5 Å². The van der Waals surface area contributed by atoms with Gasteiger partial charge in [0.2, 0.25) is 0 Å². The largest absolute Gasteiger partial charge is 0.493 e. The predicted molar refractivity (Wildman–Crippen MR) is 110 cm³/mol. The zero-order chi connectivity index (χ0) is 22.0. The fourth-order valence-electron chi connectivity index (χ4n) is 2.62. The minimum atomic E-state index is -3.15. The average Bonchev–Trinajstić information content (AvgIpc) is 2.77. The van der Waals surface area contributed by atoms with Crippen LogP contribution >= 0.6 is 7.60 Å². The molecule has 0 saturated carbocycles. The van der Waals surface area contributed by atoms with Crippen molar-refractivity contribution in [2.75, 3.05) is 27.9 Å². The van der Waals surface area contributed by atoms with Crippen LogP contribution < -0.4 is 9.47 Å². The van der Waals surface area contributed by atoms with Gasteiger partial charge in [0.1, 0.15) is 12.4 Å². The summed E-state index contributed by atoms with van der Waals surface area (Å²) < 4.78 is 38.2. The molecule has 0 atom stereocenters. The van der Waals surface area contributed by atoms with Gasteiger partial charge in [-0.25, -0.2) is 0 Å². The molecule has 2 aromatic rings. The molecule has 0 aromatic heterocycles. The van der Waals surface area contributed by atoms with Crippen LogP contribution in [0.2, 0.25) is 0 Å². The van der Waals surface area contributed by atoms with E-state index in [1.807, 2.05) is 6.07 Å². The van der Waals surface area contributed by atoms with Crippen molar-refractivity contribution >= 4 is 19.9 Å². The van der Waals surface area contributed by atoms with E-state index in [4.69, 9.17) is 23.3 Å². The fourth-order valence-corrected chi connectivity index (χ4v) is 3.68. The molecule has 0 aliphatic rings. The van der Waals surface area contributed by atoms with Crippen LogP contribution in [0.1, 0.15) is 17.5 Å². The molecule has 30 heavy (non-hydrogen) atoms. The van der Waals surface area contributed by atoms with Gasteiger partial charge >= 0.3 is 13.6 Å². The number of carbonyl (C=O) groups is 2. The van der Waals surface area contributed by atoms with Gasteiger partial charge in [-0.3, -0.25) is 14.2 Å². The number of hydrogen-bond donors (Lipinski definition) is 0. The Labute approximate surface area is 175 Å². The van der Waals surface area contributed by atoms with Crippen LogP contribution in [-0.2, 0) is 40.5 Å². The predicted octanol–water partition coefficient (Wildman–Crippen LogP) is 4.15. The molecule has 0 saturated heterocycles. The number of benzene rings is 2. The maximum atomic E-state index is 12.2. The van der Waals surface area contributed by atoms with Gasteiger partial charge in [0.25, 0.3) is 0 Å². The second-order valence-electron chi connectivity index (χ2n) is 6.22. The van der Waals surface area contributed by atoms with E-state index in [0.717, 1.165) is 11.1 Å². The van der Waals surface area contributed by atoms with Crippen LogP contribution in [-0.4, -0.2) is 40.2 Å². The highest BCUT2D eigenvalue weighted by atomic mass is 31.2. The third-order valence-electron chi connectivity index (χ3n) is 4.24. The van der Waals surface area contributed by atoms with Crippen LogP contribution in [0.25, 0.3) is 0 Å². The minimum absolute atomic E-state index is 0.146.